The molecule has 0 fully saturated rings. The van der Waals surface area contributed by atoms with Gasteiger partial charge >= 0.3 is 0 Å². The Labute approximate surface area is 123 Å². The number of carbonyl (C=O) groups is 1. The highest BCUT2D eigenvalue weighted by Crippen LogP contribution is 2.18. The maximum absolute atomic E-state index is 11.5. The molecule has 0 radical (unpaired) electrons. The normalized spacial score (nSPS) is 10.8. The molecule has 1 N–H and O–H groups in total. The van der Waals surface area contributed by atoms with Crippen molar-refractivity contribution >= 4 is 46.8 Å². The molecule has 0 aliphatic carbocycles. The molecule has 1 aromatic carbocycles. The molecular formula is C11H9ClN4OS2. The van der Waals surface area contributed by atoms with E-state index in [-0.39, 0.29) is 11.7 Å². The van der Waals surface area contributed by atoms with Crippen LogP contribution in [0.5, 0.6) is 0 Å². The molecule has 2 aromatic rings. The zero-order valence-electron chi connectivity index (χ0n) is 9.62. The smallest absolute Gasteiger partial charge is 0.250 e. The zero-order chi connectivity index (χ0) is 13.5. The van der Waals surface area contributed by atoms with E-state index < -0.39 is 0 Å². The van der Waals surface area contributed by atoms with Crippen molar-refractivity contribution in [3.05, 3.63) is 40.4 Å². The van der Waals surface area contributed by atoms with E-state index in [2.05, 4.69) is 20.7 Å². The van der Waals surface area contributed by atoms with Gasteiger partial charge in [0, 0.05) is 10.6 Å². The van der Waals surface area contributed by atoms with E-state index in [1.54, 1.807) is 11.6 Å². The molecule has 0 saturated heterocycles. The highest BCUT2D eigenvalue weighted by atomic mass is 35.5. The Morgan fingerprint density at radius 2 is 2.37 bits per heavy atom. The van der Waals surface area contributed by atoms with Gasteiger partial charge in [0.25, 0.3) is 5.91 Å². The summed E-state index contributed by atoms with van der Waals surface area (Å²) in [4.78, 5) is 11.5. The van der Waals surface area contributed by atoms with Gasteiger partial charge in [-0.05, 0) is 6.07 Å². The van der Waals surface area contributed by atoms with E-state index in [9.17, 15) is 4.79 Å². The van der Waals surface area contributed by atoms with Gasteiger partial charge in [-0.2, -0.15) is 5.10 Å². The Morgan fingerprint density at radius 1 is 1.53 bits per heavy atom. The summed E-state index contributed by atoms with van der Waals surface area (Å²) in [5.41, 5.74) is 4.80. The first kappa shape index (κ1) is 14.0. The van der Waals surface area contributed by atoms with Gasteiger partial charge in [-0.15, -0.1) is 10.2 Å². The molecule has 1 heterocycles. The minimum absolute atomic E-state index is 0.205. The molecule has 2 rings (SSSR count). The molecule has 0 aliphatic rings. The largest absolute Gasteiger partial charge is 0.272 e. The Morgan fingerprint density at radius 3 is 3.11 bits per heavy atom. The lowest BCUT2D eigenvalue weighted by Crippen LogP contribution is -2.19. The Bertz CT molecular complexity index is 574. The van der Waals surface area contributed by atoms with Crippen LogP contribution in [0.15, 0.2) is 39.2 Å². The fourth-order valence-corrected chi connectivity index (χ4v) is 2.60. The molecule has 0 spiro atoms. The summed E-state index contributed by atoms with van der Waals surface area (Å²) in [6.07, 6.45) is 1.51. The molecular weight excluding hydrogens is 304 g/mol. The van der Waals surface area contributed by atoms with Crippen LogP contribution >= 0.6 is 34.7 Å². The van der Waals surface area contributed by atoms with Gasteiger partial charge in [0.2, 0.25) is 0 Å². The summed E-state index contributed by atoms with van der Waals surface area (Å²) >= 11 is 8.66. The third-order valence-corrected chi connectivity index (χ3v) is 4.17. The summed E-state index contributed by atoms with van der Waals surface area (Å²) in [6, 6.07) is 7.25. The molecule has 0 bridgehead atoms. The van der Waals surface area contributed by atoms with Crippen LogP contribution in [0.25, 0.3) is 0 Å². The highest BCUT2D eigenvalue weighted by molar-refractivity contribution is 8.01. The number of thioether (sulfide) groups is 1. The summed E-state index contributed by atoms with van der Waals surface area (Å²) in [5.74, 6) is 0.0400. The zero-order valence-corrected chi connectivity index (χ0v) is 12.0. The average molecular weight is 313 g/mol. The van der Waals surface area contributed by atoms with Crippen molar-refractivity contribution in [2.24, 2.45) is 5.10 Å². The van der Waals surface area contributed by atoms with Crippen LogP contribution in [0.1, 0.15) is 5.56 Å². The van der Waals surface area contributed by atoms with E-state index in [0.29, 0.717) is 5.02 Å². The topological polar surface area (TPSA) is 67.2 Å². The molecule has 1 aromatic heterocycles. The molecule has 0 unspecified atom stereocenters. The first-order valence-corrected chi connectivity index (χ1v) is 7.45. The number of nitrogens with zero attached hydrogens (tertiary/aromatic N) is 3. The standard InChI is InChI=1S/C11H9ClN4OS2/c12-9-4-2-1-3-8(9)5-13-15-10(17)6-18-11-16-14-7-19-11/h1-5,7H,6H2,(H,15,17)/b13-5+. The second-order valence-electron chi connectivity index (χ2n) is 3.31. The van der Waals surface area contributed by atoms with Gasteiger partial charge in [0.1, 0.15) is 5.51 Å². The van der Waals surface area contributed by atoms with Crippen LogP contribution in [-0.2, 0) is 4.79 Å². The molecule has 0 atom stereocenters. The van der Waals surface area contributed by atoms with E-state index in [1.165, 1.54) is 29.3 Å². The number of hydrogen-bond acceptors (Lipinski definition) is 6. The van der Waals surface area contributed by atoms with Crippen molar-refractivity contribution in [3.63, 3.8) is 0 Å². The molecule has 8 heteroatoms. The number of hydrogen-bond donors (Lipinski definition) is 1. The first-order valence-electron chi connectivity index (χ1n) is 5.21. The number of amides is 1. The number of rotatable bonds is 5. The SMILES string of the molecule is O=C(CSc1nncs1)N/N=C/c1ccccc1Cl. The van der Waals surface area contributed by atoms with E-state index in [0.717, 1.165) is 9.90 Å². The second-order valence-corrected chi connectivity index (χ2v) is 5.77. The molecule has 19 heavy (non-hydrogen) atoms. The lowest BCUT2D eigenvalue weighted by Gasteiger charge is -1.98. The van der Waals surface area contributed by atoms with E-state index in [4.69, 9.17) is 11.6 Å². The van der Waals surface area contributed by atoms with Gasteiger partial charge < -0.3 is 0 Å². The van der Waals surface area contributed by atoms with Crippen LogP contribution in [0.3, 0.4) is 0 Å². The van der Waals surface area contributed by atoms with Crippen LogP contribution in [0.4, 0.5) is 0 Å². The molecule has 98 valence electrons. The number of nitrogens with one attached hydrogen (secondary N) is 1. The van der Waals surface area contributed by atoms with E-state index >= 15 is 0 Å². The van der Waals surface area contributed by atoms with E-state index in [1.807, 2.05) is 18.2 Å². The molecule has 1 amide bonds. The third-order valence-electron chi connectivity index (χ3n) is 1.96. The minimum Gasteiger partial charge on any atom is -0.272 e. The fraction of sp³-hybridized carbons (Fsp3) is 0.0909. The number of benzene rings is 1. The van der Waals surface area contributed by atoms with Crippen molar-refractivity contribution in [3.8, 4) is 0 Å². The van der Waals surface area contributed by atoms with Gasteiger partial charge in [-0.25, -0.2) is 5.43 Å². The predicted octanol–water partition coefficient (Wildman–Crippen LogP) is 2.43. The highest BCUT2D eigenvalue weighted by Gasteiger charge is 2.03. The van der Waals surface area contributed by atoms with Crippen LogP contribution in [-0.4, -0.2) is 28.1 Å². The minimum atomic E-state index is -0.205. The summed E-state index contributed by atoms with van der Waals surface area (Å²) in [7, 11) is 0. The maximum atomic E-state index is 11.5. The monoisotopic (exact) mass is 312 g/mol. The first-order chi connectivity index (χ1) is 9.25. The number of carbonyl (C=O) groups excluding carboxylic acids is 1. The number of halogens is 1. The second kappa shape index (κ2) is 7.22. The molecule has 5 nitrogen and oxygen atoms in total. The summed E-state index contributed by atoms with van der Waals surface area (Å²) < 4.78 is 0.755. The Balaban J connectivity index is 1.79. The van der Waals surface area contributed by atoms with Crippen LogP contribution in [0.2, 0.25) is 5.02 Å². The molecule has 0 aliphatic heterocycles. The predicted molar refractivity (Wildman–Crippen MR) is 77.8 cm³/mol. The third kappa shape index (κ3) is 4.62. The van der Waals surface area contributed by atoms with Crippen molar-refractivity contribution < 1.29 is 4.79 Å². The van der Waals surface area contributed by atoms with Crippen molar-refractivity contribution in [2.45, 2.75) is 4.34 Å². The van der Waals surface area contributed by atoms with Crippen LogP contribution < -0.4 is 5.43 Å². The number of hydrazone groups is 1. The van der Waals surface area contributed by atoms with Gasteiger partial charge in [0.05, 0.1) is 12.0 Å². The van der Waals surface area contributed by atoms with Gasteiger partial charge in [-0.1, -0.05) is 52.9 Å². The van der Waals surface area contributed by atoms with Crippen molar-refractivity contribution in [1.29, 1.82) is 0 Å². The van der Waals surface area contributed by atoms with Gasteiger partial charge in [0.15, 0.2) is 4.34 Å². The van der Waals surface area contributed by atoms with Crippen molar-refractivity contribution in [2.75, 3.05) is 5.75 Å². The lowest BCUT2D eigenvalue weighted by molar-refractivity contribution is -0.118. The van der Waals surface area contributed by atoms with Gasteiger partial charge in [-0.3, -0.25) is 4.79 Å². The molecule has 0 saturated carbocycles. The maximum Gasteiger partial charge on any atom is 0.250 e. The summed E-state index contributed by atoms with van der Waals surface area (Å²) in [5, 5.41) is 11.9. The number of aromatic nitrogens is 2. The summed E-state index contributed by atoms with van der Waals surface area (Å²) in [6.45, 7) is 0. The lowest BCUT2D eigenvalue weighted by atomic mass is 10.2. The Kier molecular flexibility index (Phi) is 5.31. The Hall–Kier alpha value is -1.44. The van der Waals surface area contributed by atoms with Crippen LogP contribution in [0, 0.1) is 0 Å². The fourth-order valence-electron chi connectivity index (χ4n) is 1.14. The quantitative estimate of drug-likeness (QED) is 0.523. The van der Waals surface area contributed by atoms with Crippen molar-refractivity contribution in [1.82, 2.24) is 15.6 Å². The average Bonchev–Trinajstić information content (AvgIpc) is 2.92.